The van der Waals surface area contributed by atoms with Crippen molar-refractivity contribution in [3.05, 3.63) is 47.1 Å². The van der Waals surface area contributed by atoms with Gasteiger partial charge in [0.25, 0.3) is 0 Å². The number of carbonyl (C=O) groups is 2. The number of hydrogen-bond donors (Lipinski definition) is 0. The molecule has 2 rings (SSSR count). The van der Waals surface area contributed by atoms with Crippen molar-refractivity contribution in [2.75, 3.05) is 0 Å². The molecule has 0 fully saturated rings. The maximum Gasteiger partial charge on any atom is 0.159 e. The van der Waals surface area contributed by atoms with Crippen LogP contribution in [0.15, 0.2) is 47.1 Å². The van der Waals surface area contributed by atoms with Crippen LogP contribution in [0.1, 0.15) is 40.5 Å². The summed E-state index contributed by atoms with van der Waals surface area (Å²) in [4.78, 5) is 23.7. The van der Waals surface area contributed by atoms with E-state index in [0.717, 1.165) is 24.7 Å². The molecular weight excluding hydrogens is 272 g/mol. The quantitative estimate of drug-likeness (QED) is 0.555. The molecule has 0 saturated heterocycles. The minimum Gasteiger partial charge on any atom is -0.298 e. The predicted octanol–water partition coefficient (Wildman–Crippen LogP) is 4.44. The van der Waals surface area contributed by atoms with Crippen molar-refractivity contribution in [3.8, 4) is 0 Å². The van der Waals surface area contributed by atoms with Crippen LogP contribution < -0.4 is 0 Å². The monoisotopic (exact) mass is 298 g/mol. The molecule has 2 aliphatic rings. The van der Waals surface area contributed by atoms with Crippen LogP contribution in [-0.4, -0.2) is 12.1 Å². The molecule has 22 heavy (non-hydrogen) atoms. The van der Waals surface area contributed by atoms with Crippen molar-refractivity contribution >= 4 is 12.1 Å². The summed E-state index contributed by atoms with van der Waals surface area (Å²) in [5.74, 6) is 0.636. The van der Waals surface area contributed by atoms with E-state index in [1.165, 1.54) is 11.1 Å². The van der Waals surface area contributed by atoms with Crippen LogP contribution in [0.5, 0.6) is 0 Å². The molecule has 0 N–H and O–H groups in total. The molecule has 0 bridgehead atoms. The number of ketones is 1. The van der Waals surface area contributed by atoms with Gasteiger partial charge < -0.3 is 0 Å². The highest BCUT2D eigenvalue weighted by molar-refractivity contribution is 5.96. The van der Waals surface area contributed by atoms with Gasteiger partial charge in [0.1, 0.15) is 6.29 Å². The zero-order chi connectivity index (χ0) is 16.3. The Morgan fingerprint density at radius 3 is 2.50 bits per heavy atom. The van der Waals surface area contributed by atoms with Gasteiger partial charge in [0, 0.05) is 11.8 Å². The van der Waals surface area contributed by atoms with E-state index in [1.54, 1.807) is 6.08 Å². The van der Waals surface area contributed by atoms with E-state index < -0.39 is 0 Å². The normalized spacial score (nSPS) is 31.4. The Hall–Kier alpha value is -1.70. The maximum atomic E-state index is 12.2. The molecule has 0 heterocycles. The molecule has 2 aliphatic carbocycles. The first-order valence-corrected chi connectivity index (χ1v) is 8.13. The highest BCUT2D eigenvalue weighted by Crippen LogP contribution is 2.45. The van der Waals surface area contributed by atoms with E-state index in [0.29, 0.717) is 0 Å². The van der Waals surface area contributed by atoms with Crippen LogP contribution in [0.4, 0.5) is 0 Å². The van der Waals surface area contributed by atoms with Crippen LogP contribution in [0, 0.1) is 23.7 Å². The Kier molecular flexibility index (Phi) is 5.33. The lowest BCUT2D eigenvalue weighted by Gasteiger charge is -2.29. The van der Waals surface area contributed by atoms with Gasteiger partial charge in [-0.05, 0) is 57.1 Å². The van der Waals surface area contributed by atoms with Crippen LogP contribution in [0.2, 0.25) is 0 Å². The molecule has 2 heteroatoms. The average Bonchev–Trinajstić information content (AvgIpc) is 3.01. The summed E-state index contributed by atoms with van der Waals surface area (Å²) in [6.07, 6.45) is 12.9. The Balaban J connectivity index is 2.23. The fourth-order valence-corrected chi connectivity index (χ4v) is 3.70. The second-order valence-corrected chi connectivity index (χ2v) is 6.80. The van der Waals surface area contributed by atoms with Crippen LogP contribution in [0.25, 0.3) is 0 Å². The van der Waals surface area contributed by atoms with E-state index in [4.69, 9.17) is 0 Å². The highest BCUT2D eigenvalue weighted by atomic mass is 16.1. The van der Waals surface area contributed by atoms with Gasteiger partial charge in [0.05, 0.1) is 0 Å². The minimum absolute atomic E-state index is 0.0398. The number of hydrogen-bond acceptors (Lipinski definition) is 2. The van der Waals surface area contributed by atoms with E-state index >= 15 is 0 Å². The molecule has 4 atom stereocenters. The lowest BCUT2D eigenvalue weighted by atomic mass is 9.72. The van der Waals surface area contributed by atoms with Gasteiger partial charge in [-0.2, -0.15) is 0 Å². The second kappa shape index (κ2) is 7.04. The van der Waals surface area contributed by atoms with Crippen molar-refractivity contribution in [1.29, 1.82) is 0 Å². The van der Waals surface area contributed by atoms with Crippen molar-refractivity contribution in [1.82, 2.24) is 0 Å². The summed E-state index contributed by atoms with van der Waals surface area (Å²) >= 11 is 0. The summed E-state index contributed by atoms with van der Waals surface area (Å²) in [5, 5.41) is 0. The van der Waals surface area contributed by atoms with Gasteiger partial charge in [0.15, 0.2) is 5.78 Å². The summed E-state index contributed by atoms with van der Waals surface area (Å²) < 4.78 is 0. The van der Waals surface area contributed by atoms with Crippen molar-refractivity contribution in [3.63, 3.8) is 0 Å². The average molecular weight is 298 g/mol. The van der Waals surface area contributed by atoms with Crippen molar-refractivity contribution in [2.45, 2.75) is 40.5 Å². The number of aldehydes is 1. The SMILES string of the molecule is CC(C)=CCC=C(C)C1CC=C(C=O)C1C1C(=O)C=CC1C. The minimum atomic E-state index is -0.0734. The topological polar surface area (TPSA) is 34.1 Å². The summed E-state index contributed by atoms with van der Waals surface area (Å²) in [6.45, 7) is 8.40. The first-order valence-electron chi connectivity index (χ1n) is 8.13. The van der Waals surface area contributed by atoms with Gasteiger partial charge in [-0.3, -0.25) is 9.59 Å². The molecule has 0 spiro atoms. The van der Waals surface area contributed by atoms with E-state index in [9.17, 15) is 9.59 Å². The van der Waals surface area contributed by atoms with Gasteiger partial charge in [-0.25, -0.2) is 0 Å². The van der Waals surface area contributed by atoms with E-state index in [-0.39, 0.29) is 29.5 Å². The van der Waals surface area contributed by atoms with Crippen LogP contribution >= 0.6 is 0 Å². The summed E-state index contributed by atoms with van der Waals surface area (Å²) in [5.41, 5.74) is 3.42. The van der Waals surface area contributed by atoms with E-state index in [1.807, 2.05) is 12.2 Å². The zero-order valence-corrected chi connectivity index (χ0v) is 14.0. The third-order valence-electron chi connectivity index (χ3n) is 4.96. The third kappa shape index (κ3) is 3.37. The number of rotatable bonds is 5. The Bertz CT molecular complexity index is 571. The molecule has 0 amide bonds. The smallest absolute Gasteiger partial charge is 0.159 e. The Morgan fingerprint density at radius 1 is 1.23 bits per heavy atom. The molecule has 2 nitrogen and oxygen atoms in total. The molecule has 0 aromatic rings. The van der Waals surface area contributed by atoms with Gasteiger partial charge >= 0.3 is 0 Å². The molecule has 0 aromatic heterocycles. The van der Waals surface area contributed by atoms with Crippen molar-refractivity contribution in [2.24, 2.45) is 23.7 Å². The number of allylic oxidation sites excluding steroid dienone is 8. The summed E-state index contributed by atoms with van der Waals surface area (Å²) in [7, 11) is 0. The lowest BCUT2D eigenvalue weighted by Crippen LogP contribution is -2.30. The predicted molar refractivity (Wildman–Crippen MR) is 90.4 cm³/mol. The van der Waals surface area contributed by atoms with Crippen LogP contribution in [-0.2, 0) is 9.59 Å². The first-order chi connectivity index (χ1) is 10.5. The van der Waals surface area contributed by atoms with E-state index in [2.05, 4.69) is 39.8 Å². The largest absolute Gasteiger partial charge is 0.298 e. The zero-order valence-electron chi connectivity index (χ0n) is 14.0. The first kappa shape index (κ1) is 16.7. The van der Waals surface area contributed by atoms with Crippen LogP contribution in [0.3, 0.4) is 0 Å². The third-order valence-corrected chi connectivity index (χ3v) is 4.96. The van der Waals surface area contributed by atoms with Crippen molar-refractivity contribution < 1.29 is 9.59 Å². The van der Waals surface area contributed by atoms with Gasteiger partial charge in [-0.15, -0.1) is 0 Å². The van der Waals surface area contributed by atoms with Gasteiger partial charge in [-0.1, -0.05) is 42.4 Å². The molecule has 0 aromatic carbocycles. The highest BCUT2D eigenvalue weighted by Gasteiger charge is 2.42. The molecular formula is C20H26O2. The fraction of sp³-hybridized carbons (Fsp3) is 0.500. The standard InChI is InChI=1S/C20H26O2/c1-13(2)6-5-7-14(3)17-10-9-16(12-21)20(17)19-15(4)8-11-18(19)22/h6-9,11-12,15,17,19-20H,5,10H2,1-4H3. The molecule has 118 valence electrons. The molecule has 0 saturated carbocycles. The lowest BCUT2D eigenvalue weighted by molar-refractivity contribution is -0.119. The molecule has 0 radical (unpaired) electrons. The Labute approximate surface area is 133 Å². The summed E-state index contributed by atoms with van der Waals surface area (Å²) in [6, 6.07) is 0. The Morgan fingerprint density at radius 2 is 1.95 bits per heavy atom. The van der Waals surface area contributed by atoms with Gasteiger partial charge in [0.2, 0.25) is 0 Å². The second-order valence-electron chi connectivity index (χ2n) is 6.80. The molecule has 0 aliphatic heterocycles. The fourth-order valence-electron chi connectivity index (χ4n) is 3.70. The number of carbonyl (C=O) groups excluding carboxylic acids is 2. The molecule has 4 unspecified atom stereocenters. The maximum absolute atomic E-state index is 12.2.